The van der Waals surface area contributed by atoms with Gasteiger partial charge in [0.15, 0.2) is 5.78 Å². The lowest BCUT2D eigenvalue weighted by atomic mass is 9.78. The second kappa shape index (κ2) is 4.34. The summed E-state index contributed by atoms with van der Waals surface area (Å²) in [6.07, 6.45) is 4.78. The summed E-state index contributed by atoms with van der Waals surface area (Å²) < 4.78 is 0. The summed E-state index contributed by atoms with van der Waals surface area (Å²) in [6, 6.07) is 7.39. The van der Waals surface area contributed by atoms with Crippen molar-refractivity contribution in [2.24, 2.45) is 23.7 Å². The molecule has 2 aliphatic rings. The number of carbonyl (C=O) groups is 2. The minimum atomic E-state index is -0.845. The molecule has 2 bridgehead atoms. The van der Waals surface area contributed by atoms with Crippen molar-refractivity contribution in [3.8, 4) is 0 Å². The predicted molar refractivity (Wildman–Crippen MR) is 70.9 cm³/mol. The number of Topliss-reactive ketones (excluding diaryl/α,β-unsaturated/α-hetero) is 1. The standard InChI is InChI=1S/C16H16O3/c1-9-2-4-10(5-3-9)15(17)13-11-6-7-12(8-11)14(13)16(18)19/h2-7,11-14H,8H2,1H3,(H,18,19)/t11-,12+,13-,14-/m0/s1. The van der Waals surface area contributed by atoms with E-state index in [1.54, 1.807) is 12.1 Å². The number of hydrogen-bond acceptors (Lipinski definition) is 2. The van der Waals surface area contributed by atoms with Gasteiger partial charge in [0.05, 0.1) is 5.92 Å². The van der Waals surface area contributed by atoms with Crippen LogP contribution in [0.4, 0.5) is 0 Å². The Bertz CT molecular complexity index is 556. The van der Waals surface area contributed by atoms with Crippen molar-refractivity contribution in [2.75, 3.05) is 0 Å². The summed E-state index contributed by atoms with van der Waals surface area (Å²) in [5.41, 5.74) is 1.72. The van der Waals surface area contributed by atoms with Gasteiger partial charge in [-0.05, 0) is 25.2 Å². The number of rotatable bonds is 3. The Balaban J connectivity index is 1.92. The van der Waals surface area contributed by atoms with Gasteiger partial charge in [0.2, 0.25) is 0 Å². The zero-order chi connectivity index (χ0) is 13.6. The van der Waals surface area contributed by atoms with Crippen LogP contribution in [-0.4, -0.2) is 16.9 Å². The third-order valence-corrected chi connectivity index (χ3v) is 4.38. The first kappa shape index (κ1) is 12.2. The summed E-state index contributed by atoms with van der Waals surface area (Å²) in [7, 11) is 0. The summed E-state index contributed by atoms with van der Waals surface area (Å²) in [6.45, 7) is 1.97. The van der Waals surface area contributed by atoms with Gasteiger partial charge in [-0.2, -0.15) is 0 Å². The molecule has 1 aromatic carbocycles. The number of ketones is 1. The van der Waals surface area contributed by atoms with Crippen molar-refractivity contribution < 1.29 is 14.7 Å². The van der Waals surface area contributed by atoms with Crippen LogP contribution in [-0.2, 0) is 4.79 Å². The molecule has 19 heavy (non-hydrogen) atoms. The van der Waals surface area contributed by atoms with Crippen LogP contribution in [0.3, 0.4) is 0 Å². The van der Waals surface area contributed by atoms with Crippen LogP contribution in [0.1, 0.15) is 22.3 Å². The monoisotopic (exact) mass is 256 g/mol. The summed E-state index contributed by atoms with van der Waals surface area (Å²) in [5, 5.41) is 9.36. The Morgan fingerprint density at radius 3 is 2.21 bits per heavy atom. The van der Waals surface area contributed by atoms with E-state index >= 15 is 0 Å². The largest absolute Gasteiger partial charge is 0.481 e. The summed E-state index contributed by atoms with van der Waals surface area (Å²) >= 11 is 0. The quantitative estimate of drug-likeness (QED) is 0.668. The number of aliphatic carboxylic acids is 1. The maximum Gasteiger partial charge on any atom is 0.307 e. The molecule has 1 saturated carbocycles. The van der Waals surface area contributed by atoms with Gasteiger partial charge in [-0.15, -0.1) is 0 Å². The molecule has 2 aliphatic carbocycles. The van der Waals surface area contributed by atoms with Gasteiger partial charge in [0, 0.05) is 11.5 Å². The third-order valence-electron chi connectivity index (χ3n) is 4.38. The summed E-state index contributed by atoms with van der Waals surface area (Å²) in [4.78, 5) is 24.0. The van der Waals surface area contributed by atoms with Crippen molar-refractivity contribution in [3.63, 3.8) is 0 Å². The number of benzene rings is 1. The number of allylic oxidation sites excluding steroid dienone is 2. The number of carbonyl (C=O) groups excluding carboxylic acids is 1. The van der Waals surface area contributed by atoms with Crippen LogP contribution in [0, 0.1) is 30.6 Å². The van der Waals surface area contributed by atoms with E-state index in [4.69, 9.17) is 0 Å². The molecule has 3 nitrogen and oxygen atoms in total. The van der Waals surface area contributed by atoms with E-state index in [1.165, 1.54) is 0 Å². The zero-order valence-corrected chi connectivity index (χ0v) is 10.7. The van der Waals surface area contributed by atoms with Crippen molar-refractivity contribution in [2.45, 2.75) is 13.3 Å². The fourth-order valence-corrected chi connectivity index (χ4v) is 3.43. The van der Waals surface area contributed by atoms with Crippen LogP contribution in [0.2, 0.25) is 0 Å². The summed E-state index contributed by atoms with van der Waals surface area (Å²) in [5.74, 6) is -1.69. The third kappa shape index (κ3) is 1.89. The minimum Gasteiger partial charge on any atom is -0.481 e. The fraction of sp³-hybridized carbons (Fsp3) is 0.375. The molecule has 98 valence electrons. The highest BCUT2D eigenvalue weighted by atomic mass is 16.4. The molecule has 0 radical (unpaired) electrons. The molecule has 0 saturated heterocycles. The molecule has 0 spiro atoms. The van der Waals surface area contributed by atoms with Crippen LogP contribution in [0.5, 0.6) is 0 Å². The molecule has 3 heteroatoms. The zero-order valence-electron chi connectivity index (χ0n) is 10.7. The highest BCUT2D eigenvalue weighted by molar-refractivity contribution is 6.01. The molecule has 0 heterocycles. The number of fused-ring (bicyclic) bond motifs is 2. The Kier molecular flexibility index (Phi) is 2.77. The SMILES string of the molecule is Cc1ccc(C(=O)[C@@H]2[C@@H](C(=O)O)[C@@H]3C=C[C@H]2C3)cc1. The van der Waals surface area contributed by atoms with Gasteiger partial charge in [-0.1, -0.05) is 42.0 Å². The van der Waals surface area contributed by atoms with Crippen molar-refractivity contribution >= 4 is 11.8 Å². The van der Waals surface area contributed by atoms with E-state index in [0.29, 0.717) is 5.56 Å². The van der Waals surface area contributed by atoms with Crippen LogP contribution >= 0.6 is 0 Å². The number of carboxylic acids is 1. The Labute approximate surface area is 111 Å². The second-order valence-corrected chi connectivity index (χ2v) is 5.57. The van der Waals surface area contributed by atoms with Crippen molar-refractivity contribution in [1.82, 2.24) is 0 Å². The first-order valence-corrected chi connectivity index (χ1v) is 6.60. The van der Waals surface area contributed by atoms with E-state index in [9.17, 15) is 14.7 Å². The number of aryl methyl sites for hydroxylation is 1. The molecule has 1 N–H and O–H groups in total. The van der Waals surface area contributed by atoms with Gasteiger partial charge in [-0.25, -0.2) is 0 Å². The van der Waals surface area contributed by atoms with Crippen molar-refractivity contribution in [3.05, 3.63) is 47.5 Å². The number of hydrogen-bond donors (Lipinski definition) is 1. The highest BCUT2D eigenvalue weighted by Gasteiger charge is 2.51. The fourth-order valence-electron chi connectivity index (χ4n) is 3.43. The molecule has 0 amide bonds. The Hall–Kier alpha value is -1.90. The van der Waals surface area contributed by atoms with E-state index in [-0.39, 0.29) is 17.6 Å². The molecule has 3 rings (SSSR count). The molecule has 1 aromatic rings. The second-order valence-electron chi connectivity index (χ2n) is 5.57. The van der Waals surface area contributed by atoms with Crippen LogP contribution < -0.4 is 0 Å². The van der Waals surface area contributed by atoms with Gasteiger partial charge in [-0.3, -0.25) is 9.59 Å². The maximum atomic E-state index is 12.6. The first-order valence-electron chi connectivity index (χ1n) is 6.60. The molecule has 0 aromatic heterocycles. The average Bonchev–Trinajstić information content (AvgIpc) is 2.98. The smallest absolute Gasteiger partial charge is 0.307 e. The molecule has 0 aliphatic heterocycles. The molecule has 4 atom stereocenters. The normalized spacial score (nSPS) is 31.6. The van der Waals surface area contributed by atoms with Gasteiger partial charge in [0.1, 0.15) is 0 Å². The van der Waals surface area contributed by atoms with E-state index in [1.807, 2.05) is 31.2 Å². The molecule has 0 unspecified atom stereocenters. The predicted octanol–water partition coefficient (Wildman–Crippen LogP) is 2.70. The Morgan fingerprint density at radius 1 is 1.05 bits per heavy atom. The lowest BCUT2D eigenvalue weighted by molar-refractivity contribution is -0.143. The van der Waals surface area contributed by atoms with Crippen molar-refractivity contribution in [1.29, 1.82) is 0 Å². The molecular formula is C16H16O3. The molecular weight excluding hydrogens is 240 g/mol. The lowest BCUT2D eigenvalue weighted by Crippen LogP contribution is -2.33. The number of carboxylic acid groups (broad SMARTS) is 1. The van der Waals surface area contributed by atoms with E-state index in [2.05, 4.69) is 0 Å². The molecule has 1 fully saturated rings. The Morgan fingerprint density at radius 2 is 1.63 bits per heavy atom. The highest BCUT2D eigenvalue weighted by Crippen LogP contribution is 2.49. The first-order chi connectivity index (χ1) is 9.08. The van der Waals surface area contributed by atoms with E-state index < -0.39 is 17.8 Å². The van der Waals surface area contributed by atoms with Gasteiger partial charge < -0.3 is 5.11 Å². The van der Waals surface area contributed by atoms with E-state index in [0.717, 1.165) is 12.0 Å². The minimum absolute atomic E-state index is 0.0238. The van der Waals surface area contributed by atoms with Gasteiger partial charge >= 0.3 is 5.97 Å². The average molecular weight is 256 g/mol. The van der Waals surface area contributed by atoms with Crippen LogP contribution in [0.15, 0.2) is 36.4 Å². The van der Waals surface area contributed by atoms with Gasteiger partial charge in [0.25, 0.3) is 0 Å². The van der Waals surface area contributed by atoms with Crippen LogP contribution in [0.25, 0.3) is 0 Å². The lowest BCUT2D eigenvalue weighted by Gasteiger charge is -2.23. The topological polar surface area (TPSA) is 54.4 Å². The maximum absolute atomic E-state index is 12.6.